The molecule has 0 saturated heterocycles. The average Bonchev–Trinajstić information content (AvgIpc) is 3.26. The molecule has 0 aromatic heterocycles. The number of nitro groups is 1. The van der Waals surface area contributed by atoms with Gasteiger partial charge < -0.3 is 10.6 Å². The quantitative estimate of drug-likeness (QED) is 0.361. The van der Waals surface area contributed by atoms with Crippen molar-refractivity contribution in [1.82, 2.24) is 10.6 Å². The van der Waals surface area contributed by atoms with E-state index in [0.29, 0.717) is 12.6 Å². The van der Waals surface area contributed by atoms with E-state index in [4.69, 9.17) is 0 Å². The second kappa shape index (κ2) is 6.88. The minimum absolute atomic E-state index is 0.109. The zero-order valence-electron chi connectivity index (χ0n) is 11.6. The van der Waals surface area contributed by atoms with Crippen molar-refractivity contribution in [3.8, 4) is 0 Å². The van der Waals surface area contributed by atoms with Crippen molar-refractivity contribution in [2.45, 2.75) is 38.8 Å². The van der Waals surface area contributed by atoms with Gasteiger partial charge >= 0.3 is 0 Å². The van der Waals surface area contributed by atoms with Crippen molar-refractivity contribution in [1.29, 1.82) is 0 Å². The first kappa shape index (κ1) is 14.3. The van der Waals surface area contributed by atoms with Gasteiger partial charge in [-0.05, 0) is 24.8 Å². The number of non-ortho nitro benzene ring substituents is 1. The predicted molar refractivity (Wildman–Crippen MR) is 78.7 cm³/mol. The summed E-state index contributed by atoms with van der Waals surface area (Å²) in [6, 6.07) is 7.07. The fourth-order valence-electron chi connectivity index (χ4n) is 1.71. The molecule has 2 N–H and O–H groups in total. The number of nitrogens with zero attached hydrogens (tertiary/aromatic N) is 2. The molecule has 1 aliphatic rings. The SMILES string of the molecule is CCCNC(=NCc1ccc([N+](=O)[O-])cc1)NC1CC1. The molecule has 0 radical (unpaired) electrons. The first-order chi connectivity index (χ1) is 9.69. The van der Waals surface area contributed by atoms with E-state index in [-0.39, 0.29) is 5.69 Å². The van der Waals surface area contributed by atoms with E-state index in [1.54, 1.807) is 12.1 Å². The molecule has 1 aliphatic carbocycles. The molecule has 108 valence electrons. The molecule has 6 nitrogen and oxygen atoms in total. The fourth-order valence-corrected chi connectivity index (χ4v) is 1.71. The number of rotatable bonds is 6. The van der Waals surface area contributed by atoms with Gasteiger partial charge in [0.15, 0.2) is 5.96 Å². The second-order valence-corrected chi connectivity index (χ2v) is 4.93. The van der Waals surface area contributed by atoms with Crippen LogP contribution >= 0.6 is 0 Å². The Bertz CT molecular complexity index is 480. The summed E-state index contributed by atoms with van der Waals surface area (Å²) in [7, 11) is 0. The van der Waals surface area contributed by atoms with E-state index in [1.165, 1.54) is 25.0 Å². The summed E-state index contributed by atoms with van der Waals surface area (Å²) in [5, 5.41) is 17.2. The van der Waals surface area contributed by atoms with Crippen LogP contribution < -0.4 is 10.6 Å². The molecule has 1 aromatic carbocycles. The second-order valence-electron chi connectivity index (χ2n) is 4.93. The van der Waals surface area contributed by atoms with Crippen molar-refractivity contribution >= 4 is 11.6 Å². The third-order valence-corrected chi connectivity index (χ3v) is 3.03. The Balaban J connectivity index is 1.94. The van der Waals surface area contributed by atoms with Gasteiger partial charge in [-0.15, -0.1) is 0 Å². The normalized spacial score (nSPS) is 14.9. The van der Waals surface area contributed by atoms with Crippen LogP contribution in [0.25, 0.3) is 0 Å². The number of hydrogen-bond donors (Lipinski definition) is 2. The Hall–Kier alpha value is -2.11. The highest BCUT2D eigenvalue weighted by Gasteiger charge is 2.22. The molecule has 6 heteroatoms. The van der Waals surface area contributed by atoms with Crippen molar-refractivity contribution < 1.29 is 4.92 Å². The fraction of sp³-hybridized carbons (Fsp3) is 0.500. The summed E-state index contributed by atoms with van der Waals surface area (Å²) < 4.78 is 0. The zero-order chi connectivity index (χ0) is 14.4. The summed E-state index contributed by atoms with van der Waals surface area (Å²) in [6.07, 6.45) is 3.44. The maximum Gasteiger partial charge on any atom is 0.269 e. The highest BCUT2D eigenvalue weighted by atomic mass is 16.6. The van der Waals surface area contributed by atoms with Gasteiger partial charge in [-0.3, -0.25) is 10.1 Å². The molecule has 1 aromatic rings. The van der Waals surface area contributed by atoms with Crippen molar-refractivity contribution in [3.63, 3.8) is 0 Å². The molecule has 0 unspecified atom stereocenters. The molecule has 20 heavy (non-hydrogen) atoms. The molecular weight excluding hydrogens is 256 g/mol. The molecule has 1 fully saturated rings. The van der Waals surface area contributed by atoms with Crippen LogP contribution in [0.2, 0.25) is 0 Å². The molecule has 0 aliphatic heterocycles. The van der Waals surface area contributed by atoms with Gasteiger partial charge in [0.25, 0.3) is 5.69 Å². The number of benzene rings is 1. The molecule has 0 heterocycles. The number of nitro benzene ring substituents is 1. The Kier molecular flexibility index (Phi) is 4.92. The first-order valence-electron chi connectivity index (χ1n) is 6.97. The average molecular weight is 276 g/mol. The van der Waals surface area contributed by atoms with E-state index >= 15 is 0 Å². The minimum Gasteiger partial charge on any atom is -0.356 e. The van der Waals surface area contributed by atoms with Gasteiger partial charge in [0, 0.05) is 24.7 Å². The highest BCUT2D eigenvalue weighted by molar-refractivity contribution is 5.80. The Morgan fingerprint density at radius 2 is 2.10 bits per heavy atom. The van der Waals surface area contributed by atoms with E-state index in [0.717, 1.165) is 24.5 Å². The monoisotopic (exact) mass is 276 g/mol. The van der Waals surface area contributed by atoms with Crippen LogP contribution in [-0.4, -0.2) is 23.5 Å². The van der Waals surface area contributed by atoms with Crippen molar-refractivity contribution in [2.75, 3.05) is 6.54 Å². The van der Waals surface area contributed by atoms with Crippen LogP contribution in [0.5, 0.6) is 0 Å². The van der Waals surface area contributed by atoms with Gasteiger partial charge in [0.1, 0.15) is 0 Å². The first-order valence-corrected chi connectivity index (χ1v) is 6.97. The summed E-state index contributed by atoms with van der Waals surface area (Å²) in [5.74, 6) is 0.827. The summed E-state index contributed by atoms with van der Waals surface area (Å²) >= 11 is 0. The van der Waals surface area contributed by atoms with Crippen LogP contribution in [0.15, 0.2) is 29.3 Å². The Labute approximate surface area is 118 Å². The summed E-state index contributed by atoms with van der Waals surface area (Å²) in [4.78, 5) is 14.7. The van der Waals surface area contributed by atoms with Gasteiger partial charge in [0.2, 0.25) is 0 Å². The van der Waals surface area contributed by atoms with E-state index in [1.807, 2.05) is 0 Å². The maximum atomic E-state index is 10.6. The van der Waals surface area contributed by atoms with Gasteiger partial charge in [-0.2, -0.15) is 0 Å². The topological polar surface area (TPSA) is 79.6 Å². The molecule has 1 saturated carbocycles. The molecule has 0 spiro atoms. The van der Waals surface area contributed by atoms with Crippen LogP contribution in [0.3, 0.4) is 0 Å². The lowest BCUT2D eigenvalue weighted by Crippen LogP contribution is -2.39. The van der Waals surface area contributed by atoms with Gasteiger partial charge in [0.05, 0.1) is 11.5 Å². The third kappa shape index (κ3) is 4.53. The van der Waals surface area contributed by atoms with Crippen molar-refractivity contribution in [3.05, 3.63) is 39.9 Å². The molecule has 2 rings (SSSR count). The minimum atomic E-state index is -0.393. The predicted octanol–water partition coefficient (Wildman–Crippen LogP) is 2.20. The highest BCUT2D eigenvalue weighted by Crippen LogP contribution is 2.18. The lowest BCUT2D eigenvalue weighted by Gasteiger charge is -2.11. The summed E-state index contributed by atoms with van der Waals surface area (Å²) in [6.45, 7) is 3.51. The Morgan fingerprint density at radius 3 is 2.65 bits per heavy atom. The molecule has 0 atom stereocenters. The van der Waals surface area contributed by atoms with Gasteiger partial charge in [-0.1, -0.05) is 19.1 Å². The lowest BCUT2D eigenvalue weighted by atomic mass is 10.2. The van der Waals surface area contributed by atoms with E-state index in [9.17, 15) is 10.1 Å². The zero-order valence-corrected chi connectivity index (χ0v) is 11.6. The van der Waals surface area contributed by atoms with Crippen LogP contribution in [0, 0.1) is 10.1 Å². The lowest BCUT2D eigenvalue weighted by molar-refractivity contribution is -0.384. The molecular formula is C14H20N4O2. The van der Waals surface area contributed by atoms with Gasteiger partial charge in [-0.25, -0.2) is 4.99 Å². The third-order valence-electron chi connectivity index (χ3n) is 3.03. The number of nitrogens with one attached hydrogen (secondary N) is 2. The maximum absolute atomic E-state index is 10.6. The van der Waals surface area contributed by atoms with Crippen molar-refractivity contribution in [2.24, 2.45) is 4.99 Å². The van der Waals surface area contributed by atoms with Crippen LogP contribution in [-0.2, 0) is 6.54 Å². The van der Waals surface area contributed by atoms with E-state index in [2.05, 4.69) is 22.5 Å². The number of hydrogen-bond acceptors (Lipinski definition) is 3. The number of guanidine groups is 1. The number of aliphatic imine (C=N–C) groups is 1. The molecule has 0 amide bonds. The smallest absolute Gasteiger partial charge is 0.269 e. The van der Waals surface area contributed by atoms with Crippen LogP contribution in [0.1, 0.15) is 31.7 Å². The standard InChI is InChI=1S/C14H20N4O2/c1-2-9-15-14(17-12-5-6-12)16-10-11-3-7-13(8-4-11)18(19)20/h3-4,7-8,12H,2,5-6,9-10H2,1H3,(H2,15,16,17). The molecule has 0 bridgehead atoms. The largest absolute Gasteiger partial charge is 0.356 e. The Morgan fingerprint density at radius 1 is 1.40 bits per heavy atom. The van der Waals surface area contributed by atoms with Crippen LogP contribution in [0.4, 0.5) is 5.69 Å². The summed E-state index contributed by atoms with van der Waals surface area (Å²) in [5.41, 5.74) is 1.07. The van der Waals surface area contributed by atoms with E-state index < -0.39 is 4.92 Å².